The fraction of sp³-hybridized carbons (Fsp3) is 0.160. The SMILES string of the molecule is CN(Cc1ccccc1OCCN)S(=O)(=O)c1cc(-c2ccnn2-c2ccccc2F)c(O)cc1O. The summed E-state index contributed by atoms with van der Waals surface area (Å²) < 4.78 is 49.3. The molecule has 0 radical (unpaired) electrons. The Bertz CT molecular complexity index is 1490. The van der Waals surface area contributed by atoms with Crippen molar-refractivity contribution in [2.75, 3.05) is 20.2 Å². The molecule has 3 aromatic carbocycles. The molecule has 9 nitrogen and oxygen atoms in total. The molecular formula is C25H25FN4O5S. The molecule has 1 aromatic heterocycles. The summed E-state index contributed by atoms with van der Waals surface area (Å²) in [4.78, 5) is -0.431. The molecule has 4 N–H and O–H groups in total. The number of sulfonamides is 1. The maximum atomic E-state index is 14.4. The van der Waals surface area contributed by atoms with Gasteiger partial charge in [-0.05, 0) is 30.3 Å². The zero-order valence-corrected chi connectivity index (χ0v) is 20.2. The van der Waals surface area contributed by atoms with Crippen LogP contribution in [0.2, 0.25) is 0 Å². The molecule has 0 spiro atoms. The number of rotatable bonds is 9. The van der Waals surface area contributed by atoms with Crippen LogP contribution in [0.15, 0.2) is 77.8 Å². The molecule has 1 heterocycles. The monoisotopic (exact) mass is 512 g/mol. The van der Waals surface area contributed by atoms with Gasteiger partial charge in [0.2, 0.25) is 10.0 Å². The van der Waals surface area contributed by atoms with Crippen molar-refractivity contribution in [3.8, 4) is 34.2 Å². The number of para-hydroxylation sites is 2. The normalized spacial score (nSPS) is 11.7. The minimum absolute atomic E-state index is 0.0483. The van der Waals surface area contributed by atoms with E-state index < -0.39 is 32.2 Å². The highest BCUT2D eigenvalue weighted by molar-refractivity contribution is 7.89. The molecule has 188 valence electrons. The minimum atomic E-state index is -4.23. The Morgan fingerprint density at radius 1 is 1.06 bits per heavy atom. The number of phenols is 2. The van der Waals surface area contributed by atoms with Crippen molar-refractivity contribution in [2.24, 2.45) is 5.73 Å². The molecule has 0 atom stereocenters. The standard InChI is InChI=1S/C25H25FN4O5S/c1-29(16-17-6-2-5-9-24(17)35-13-11-27)36(33,34)25-14-18(22(31)15-23(25)32)20-10-12-28-30(20)21-8-4-3-7-19(21)26/h2-10,12,14-15,31-32H,11,13,16,27H2,1H3. The number of hydrogen-bond acceptors (Lipinski definition) is 7. The van der Waals surface area contributed by atoms with Crippen LogP contribution >= 0.6 is 0 Å². The second kappa shape index (κ2) is 10.4. The first-order chi connectivity index (χ1) is 17.2. The van der Waals surface area contributed by atoms with Gasteiger partial charge in [0.25, 0.3) is 0 Å². The van der Waals surface area contributed by atoms with Crippen LogP contribution in [-0.2, 0) is 16.6 Å². The summed E-state index contributed by atoms with van der Waals surface area (Å²) in [6, 6.07) is 16.5. The van der Waals surface area contributed by atoms with Gasteiger partial charge < -0.3 is 20.7 Å². The maximum absolute atomic E-state index is 14.4. The lowest BCUT2D eigenvalue weighted by Crippen LogP contribution is -2.27. The van der Waals surface area contributed by atoms with Crippen molar-refractivity contribution in [3.63, 3.8) is 0 Å². The highest BCUT2D eigenvalue weighted by Crippen LogP contribution is 2.39. The second-order valence-corrected chi connectivity index (χ2v) is 9.94. The predicted molar refractivity (Wildman–Crippen MR) is 132 cm³/mol. The molecule has 0 aliphatic rings. The van der Waals surface area contributed by atoms with E-state index in [0.717, 1.165) is 16.4 Å². The zero-order chi connectivity index (χ0) is 25.9. The summed E-state index contributed by atoms with van der Waals surface area (Å²) in [6.07, 6.45) is 1.40. The molecule has 0 unspecified atom stereocenters. The van der Waals surface area contributed by atoms with E-state index in [2.05, 4.69) is 5.10 Å². The molecule has 4 aromatic rings. The van der Waals surface area contributed by atoms with E-state index >= 15 is 0 Å². The van der Waals surface area contributed by atoms with Gasteiger partial charge in [-0.2, -0.15) is 9.40 Å². The molecule has 36 heavy (non-hydrogen) atoms. The third kappa shape index (κ3) is 4.89. The molecule has 0 aliphatic carbocycles. The van der Waals surface area contributed by atoms with Crippen LogP contribution in [0, 0.1) is 5.82 Å². The number of hydrogen-bond donors (Lipinski definition) is 3. The van der Waals surface area contributed by atoms with Crippen molar-refractivity contribution < 1.29 is 27.8 Å². The molecular weight excluding hydrogens is 487 g/mol. The Kier molecular flexibility index (Phi) is 7.25. The van der Waals surface area contributed by atoms with E-state index in [0.29, 0.717) is 17.9 Å². The topological polar surface area (TPSA) is 131 Å². The fourth-order valence-electron chi connectivity index (χ4n) is 3.73. The number of nitrogens with zero attached hydrogens (tertiary/aromatic N) is 3. The number of aromatic nitrogens is 2. The smallest absolute Gasteiger partial charge is 0.246 e. The van der Waals surface area contributed by atoms with E-state index in [-0.39, 0.29) is 30.1 Å². The largest absolute Gasteiger partial charge is 0.507 e. The zero-order valence-electron chi connectivity index (χ0n) is 19.4. The molecule has 0 saturated heterocycles. The lowest BCUT2D eigenvalue weighted by Gasteiger charge is -2.20. The minimum Gasteiger partial charge on any atom is -0.507 e. The number of nitrogens with two attached hydrogens (primary N) is 1. The van der Waals surface area contributed by atoms with Crippen molar-refractivity contribution >= 4 is 10.0 Å². The average molecular weight is 513 g/mol. The third-order valence-corrected chi connectivity index (χ3v) is 7.34. The molecule has 11 heteroatoms. The lowest BCUT2D eigenvalue weighted by atomic mass is 10.1. The lowest BCUT2D eigenvalue weighted by molar-refractivity contribution is 0.321. The van der Waals surface area contributed by atoms with Crippen LogP contribution in [0.1, 0.15) is 5.56 Å². The van der Waals surface area contributed by atoms with Gasteiger partial charge in [-0.1, -0.05) is 30.3 Å². The average Bonchev–Trinajstić information content (AvgIpc) is 3.33. The van der Waals surface area contributed by atoms with E-state index in [4.69, 9.17) is 10.5 Å². The molecule has 4 rings (SSSR count). The van der Waals surface area contributed by atoms with Crippen LogP contribution in [0.4, 0.5) is 4.39 Å². The van der Waals surface area contributed by atoms with Crippen LogP contribution in [-0.4, -0.2) is 52.9 Å². The van der Waals surface area contributed by atoms with Crippen molar-refractivity contribution in [3.05, 3.63) is 84.3 Å². The Morgan fingerprint density at radius 3 is 2.53 bits per heavy atom. The van der Waals surface area contributed by atoms with Crippen molar-refractivity contribution in [1.82, 2.24) is 14.1 Å². The molecule has 0 saturated carbocycles. The summed E-state index contributed by atoms with van der Waals surface area (Å²) in [6.45, 7) is 0.521. The van der Waals surface area contributed by atoms with Crippen molar-refractivity contribution in [2.45, 2.75) is 11.4 Å². The predicted octanol–water partition coefficient (Wildman–Crippen LogP) is 3.25. The first-order valence-electron chi connectivity index (χ1n) is 11.0. The number of ether oxygens (including phenoxy) is 1. The van der Waals surface area contributed by atoms with Gasteiger partial charge >= 0.3 is 0 Å². The Hall–Kier alpha value is -3.93. The van der Waals surface area contributed by atoms with Crippen LogP contribution < -0.4 is 10.5 Å². The van der Waals surface area contributed by atoms with Gasteiger partial charge in [0, 0.05) is 37.3 Å². The number of benzene rings is 3. The van der Waals surface area contributed by atoms with E-state index in [1.165, 1.54) is 42.2 Å². The molecule has 0 bridgehead atoms. The highest BCUT2D eigenvalue weighted by Gasteiger charge is 2.28. The van der Waals surface area contributed by atoms with Crippen LogP contribution in [0.5, 0.6) is 17.2 Å². The Labute approximate surface area is 207 Å². The summed E-state index contributed by atoms with van der Waals surface area (Å²) >= 11 is 0. The van der Waals surface area contributed by atoms with Gasteiger partial charge in [-0.3, -0.25) is 0 Å². The van der Waals surface area contributed by atoms with E-state index in [9.17, 15) is 23.0 Å². The van der Waals surface area contributed by atoms with Crippen molar-refractivity contribution in [1.29, 1.82) is 0 Å². The maximum Gasteiger partial charge on any atom is 0.246 e. The van der Waals surface area contributed by atoms with Gasteiger partial charge in [0.05, 0.1) is 11.9 Å². The molecule has 0 aliphatic heterocycles. The highest BCUT2D eigenvalue weighted by atomic mass is 32.2. The quantitative estimate of drug-likeness (QED) is 0.314. The Balaban J connectivity index is 1.73. The Morgan fingerprint density at radius 2 is 1.78 bits per heavy atom. The van der Waals surface area contributed by atoms with E-state index in [1.54, 1.807) is 30.3 Å². The van der Waals surface area contributed by atoms with Crippen LogP contribution in [0.25, 0.3) is 16.9 Å². The number of halogens is 1. The van der Waals surface area contributed by atoms with E-state index in [1.807, 2.05) is 0 Å². The molecule has 0 amide bonds. The number of aromatic hydroxyl groups is 2. The van der Waals surface area contributed by atoms with Gasteiger partial charge in [-0.25, -0.2) is 17.5 Å². The second-order valence-electron chi connectivity index (χ2n) is 7.92. The van der Waals surface area contributed by atoms with Crippen LogP contribution in [0.3, 0.4) is 0 Å². The molecule has 0 fully saturated rings. The third-order valence-electron chi connectivity index (χ3n) is 5.51. The van der Waals surface area contributed by atoms with Gasteiger partial charge in [-0.15, -0.1) is 0 Å². The summed E-state index contributed by atoms with van der Waals surface area (Å²) in [5.74, 6) is -1.08. The van der Waals surface area contributed by atoms with Gasteiger partial charge in [0.1, 0.15) is 40.3 Å². The summed E-state index contributed by atoms with van der Waals surface area (Å²) in [5.41, 5.74) is 6.50. The first-order valence-corrected chi connectivity index (χ1v) is 12.4. The number of phenolic OH excluding ortho intramolecular Hbond substituents is 2. The van der Waals surface area contributed by atoms with Gasteiger partial charge in [0.15, 0.2) is 0 Å². The summed E-state index contributed by atoms with van der Waals surface area (Å²) in [5, 5.41) is 25.2. The summed E-state index contributed by atoms with van der Waals surface area (Å²) in [7, 11) is -2.87. The fourth-order valence-corrected chi connectivity index (χ4v) is 4.96. The first kappa shape index (κ1) is 25.2.